The summed E-state index contributed by atoms with van der Waals surface area (Å²) >= 11 is 5.77. The molecule has 0 saturated heterocycles. The Morgan fingerprint density at radius 1 is 1.32 bits per heavy atom. The van der Waals surface area contributed by atoms with Crippen molar-refractivity contribution in [3.8, 4) is 0 Å². The van der Waals surface area contributed by atoms with E-state index < -0.39 is 17.5 Å². The summed E-state index contributed by atoms with van der Waals surface area (Å²) in [5.74, 6) is -1.90. The number of benzene rings is 1. The van der Waals surface area contributed by atoms with Gasteiger partial charge in [0.15, 0.2) is 5.15 Å². The molecule has 0 spiro atoms. The summed E-state index contributed by atoms with van der Waals surface area (Å²) in [7, 11) is 0. The highest BCUT2D eigenvalue weighted by Gasteiger charge is 2.11. The summed E-state index contributed by atoms with van der Waals surface area (Å²) in [4.78, 5) is 15.5. The van der Waals surface area contributed by atoms with Gasteiger partial charge in [-0.3, -0.25) is 4.79 Å². The standard InChI is InChI=1S/C13H9ClF2N2O/c14-13-11(2-1-5-17-13)18-12(19)6-8-3-4-9(15)7-10(8)16/h1-5,7H,6H2,(H,18,19). The molecule has 0 unspecified atom stereocenters. The fourth-order valence-electron chi connectivity index (χ4n) is 1.51. The van der Waals surface area contributed by atoms with Crippen molar-refractivity contribution in [3.05, 3.63) is 58.9 Å². The maximum Gasteiger partial charge on any atom is 0.228 e. The number of amides is 1. The first-order chi connectivity index (χ1) is 9.06. The van der Waals surface area contributed by atoms with E-state index in [0.717, 1.165) is 12.1 Å². The Kier molecular flexibility index (Phi) is 4.06. The van der Waals surface area contributed by atoms with Crippen LogP contribution in [0.3, 0.4) is 0 Å². The molecule has 1 heterocycles. The maximum atomic E-state index is 13.4. The molecule has 3 nitrogen and oxygen atoms in total. The number of pyridine rings is 1. The maximum absolute atomic E-state index is 13.4. The lowest BCUT2D eigenvalue weighted by molar-refractivity contribution is -0.115. The first-order valence-corrected chi connectivity index (χ1v) is 5.78. The van der Waals surface area contributed by atoms with Crippen molar-refractivity contribution in [2.24, 2.45) is 0 Å². The van der Waals surface area contributed by atoms with Gasteiger partial charge in [-0.15, -0.1) is 0 Å². The molecule has 1 amide bonds. The molecular formula is C13H9ClF2N2O. The third kappa shape index (κ3) is 3.48. The van der Waals surface area contributed by atoms with Crippen molar-refractivity contribution in [1.82, 2.24) is 4.98 Å². The van der Waals surface area contributed by atoms with E-state index in [2.05, 4.69) is 10.3 Å². The molecule has 0 aliphatic rings. The number of aromatic nitrogens is 1. The van der Waals surface area contributed by atoms with Crippen molar-refractivity contribution in [2.45, 2.75) is 6.42 Å². The third-order valence-corrected chi connectivity index (χ3v) is 2.70. The summed E-state index contributed by atoms with van der Waals surface area (Å²) in [5.41, 5.74) is 0.454. The molecule has 0 bridgehead atoms. The van der Waals surface area contributed by atoms with Crippen LogP contribution in [0.1, 0.15) is 5.56 Å². The minimum Gasteiger partial charge on any atom is -0.323 e. The monoisotopic (exact) mass is 282 g/mol. The smallest absolute Gasteiger partial charge is 0.228 e. The van der Waals surface area contributed by atoms with Crippen LogP contribution in [-0.2, 0) is 11.2 Å². The van der Waals surface area contributed by atoms with Gasteiger partial charge in [0.25, 0.3) is 0 Å². The molecule has 2 aromatic rings. The summed E-state index contributed by atoms with van der Waals surface area (Å²) < 4.78 is 26.1. The Bertz CT molecular complexity index is 619. The number of rotatable bonds is 3. The summed E-state index contributed by atoms with van der Waals surface area (Å²) in [6.07, 6.45) is 1.27. The first-order valence-electron chi connectivity index (χ1n) is 5.40. The number of hydrogen-bond donors (Lipinski definition) is 1. The van der Waals surface area contributed by atoms with E-state index in [1.807, 2.05) is 0 Å². The van der Waals surface area contributed by atoms with E-state index in [9.17, 15) is 13.6 Å². The molecule has 0 aliphatic carbocycles. The zero-order chi connectivity index (χ0) is 13.8. The molecular weight excluding hydrogens is 274 g/mol. The van der Waals surface area contributed by atoms with E-state index in [1.165, 1.54) is 12.3 Å². The van der Waals surface area contributed by atoms with Crippen LogP contribution in [0.15, 0.2) is 36.5 Å². The number of halogens is 3. The van der Waals surface area contributed by atoms with Crippen molar-refractivity contribution < 1.29 is 13.6 Å². The number of nitrogens with one attached hydrogen (secondary N) is 1. The molecule has 0 atom stereocenters. The molecule has 1 N–H and O–H groups in total. The van der Waals surface area contributed by atoms with Gasteiger partial charge in [0.2, 0.25) is 5.91 Å². The molecule has 6 heteroatoms. The van der Waals surface area contributed by atoms with Gasteiger partial charge in [-0.25, -0.2) is 13.8 Å². The lowest BCUT2D eigenvalue weighted by atomic mass is 10.1. The molecule has 2 rings (SSSR count). The van der Waals surface area contributed by atoms with Crippen LogP contribution in [0.4, 0.5) is 14.5 Å². The number of nitrogens with zero attached hydrogens (tertiary/aromatic N) is 1. The predicted molar refractivity (Wildman–Crippen MR) is 67.9 cm³/mol. The fraction of sp³-hybridized carbons (Fsp3) is 0.0769. The minimum atomic E-state index is -0.757. The number of anilines is 1. The van der Waals surface area contributed by atoms with Gasteiger partial charge >= 0.3 is 0 Å². The quantitative estimate of drug-likeness (QED) is 0.879. The Balaban J connectivity index is 2.08. The highest BCUT2D eigenvalue weighted by molar-refractivity contribution is 6.32. The topological polar surface area (TPSA) is 42.0 Å². The number of hydrogen-bond acceptors (Lipinski definition) is 2. The highest BCUT2D eigenvalue weighted by Crippen LogP contribution is 2.18. The Morgan fingerprint density at radius 2 is 2.11 bits per heavy atom. The normalized spacial score (nSPS) is 10.3. The van der Waals surface area contributed by atoms with Crippen molar-refractivity contribution in [1.29, 1.82) is 0 Å². The molecule has 1 aromatic carbocycles. The minimum absolute atomic E-state index is 0.110. The zero-order valence-corrected chi connectivity index (χ0v) is 10.4. The van der Waals surface area contributed by atoms with Gasteiger partial charge in [0.1, 0.15) is 11.6 Å². The Morgan fingerprint density at radius 3 is 2.79 bits per heavy atom. The van der Waals surface area contributed by atoms with Crippen LogP contribution in [0.5, 0.6) is 0 Å². The van der Waals surface area contributed by atoms with E-state index in [1.54, 1.807) is 12.1 Å². The number of carbonyl (C=O) groups excluding carboxylic acids is 1. The second kappa shape index (κ2) is 5.75. The molecule has 0 radical (unpaired) electrons. The predicted octanol–water partition coefficient (Wildman–Crippen LogP) is 3.19. The second-order valence-electron chi connectivity index (χ2n) is 3.80. The lowest BCUT2D eigenvalue weighted by Gasteiger charge is -2.07. The molecule has 1 aromatic heterocycles. The molecule has 0 fully saturated rings. The first kappa shape index (κ1) is 13.4. The Labute approximate surface area is 113 Å². The van der Waals surface area contributed by atoms with Crippen molar-refractivity contribution in [3.63, 3.8) is 0 Å². The van der Waals surface area contributed by atoms with E-state index in [0.29, 0.717) is 5.69 Å². The molecule has 19 heavy (non-hydrogen) atoms. The lowest BCUT2D eigenvalue weighted by Crippen LogP contribution is -2.15. The van der Waals surface area contributed by atoms with E-state index >= 15 is 0 Å². The van der Waals surface area contributed by atoms with Crippen LogP contribution in [0.2, 0.25) is 5.15 Å². The molecule has 0 aliphatic heterocycles. The van der Waals surface area contributed by atoms with Crippen LogP contribution >= 0.6 is 11.6 Å². The SMILES string of the molecule is O=C(Cc1ccc(F)cc1F)Nc1cccnc1Cl. The van der Waals surface area contributed by atoms with Gasteiger partial charge in [-0.1, -0.05) is 17.7 Å². The summed E-state index contributed by atoms with van der Waals surface area (Å²) in [6.45, 7) is 0. The van der Waals surface area contributed by atoms with Gasteiger partial charge in [0.05, 0.1) is 12.1 Å². The second-order valence-corrected chi connectivity index (χ2v) is 4.16. The molecule has 0 saturated carbocycles. The Hall–Kier alpha value is -2.01. The van der Waals surface area contributed by atoms with Gasteiger partial charge in [-0.05, 0) is 23.8 Å². The van der Waals surface area contributed by atoms with Crippen molar-refractivity contribution in [2.75, 3.05) is 5.32 Å². The number of carbonyl (C=O) groups is 1. The van der Waals surface area contributed by atoms with Crippen LogP contribution < -0.4 is 5.32 Å². The van der Waals surface area contributed by atoms with Gasteiger partial charge in [0, 0.05) is 12.3 Å². The summed E-state index contributed by atoms with van der Waals surface area (Å²) in [5, 5.41) is 2.66. The zero-order valence-electron chi connectivity index (χ0n) is 9.66. The van der Waals surface area contributed by atoms with Gasteiger partial charge < -0.3 is 5.32 Å². The average molecular weight is 283 g/mol. The average Bonchev–Trinajstić information content (AvgIpc) is 2.36. The van der Waals surface area contributed by atoms with Crippen LogP contribution in [0, 0.1) is 11.6 Å². The van der Waals surface area contributed by atoms with Gasteiger partial charge in [-0.2, -0.15) is 0 Å². The highest BCUT2D eigenvalue weighted by atomic mass is 35.5. The van der Waals surface area contributed by atoms with Crippen LogP contribution in [-0.4, -0.2) is 10.9 Å². The van der Waals surface area contributed by atoms with E-state index in [4.69, 9.17) is 11.6 Å². The van der Waals surface area contributed by atoms with Crippen LogP contribution in [0.25, 0.3) is 0 Å². The summed E-state index contributed by atoms with van der Waals surface area (Å²) in [6, 6.07) is 6.26. The third-order valence-electron chi connectivity index (χ3n) is 2.40. The largest absolute Gasteiger partial charge is 0.323 e. The van der Waals surface area contributed by atoms with Crippen molar-refractivity contribution >= 4 is 23.2 Å². The molecule has 98 valence electrons. The van der Waals surface area contributed by atoms with E-state index in [-0.39, 0.29) is 17.1 Å². The fourth-order valence-corrected chi connectivity index (χ4v) is 1.68.